The molecule has 21 heavy (non-hydrogen) atoms. The molecule has 0 aliphatic rings. The standard InChI is InChI=1S/C16H12F2O3/c17-13-7-3-1-5-11(13)9-16(20)21-10-15(19)12-6-2-4-8-14(12)18/h1-8H,9-10H2. The van der Waals surface area contributed by atoms with E-state index in [4.69, 9.17) is 4.74 Å². The second-order valence-corrected chi connectivity index (χ2v) is 4.33. The number of Topliss-reactive ketones (excluding diaryl/α,β-unsaturated/α-hetero) is 1. The van der Waals surface area contributed by atoms with Crippen LogP contribution < -0.4 is 0 Å². The number of ether oxygens (including phenoxy) is 1. The van der Waals surface area contributed by atoms with Gasteiger partial charge in [-0.05, 0) is 23.8 Å². The van der Waals surface area contributed by atoms with Gasteiger partial charge in [-0.3, -0.25) is 9.59 Å². The van der Waals surface area contributed by atoms with Gasteiger partial charge in [0.25, 0.3) is 0 Å². The van der Waals surface area contributed by atoms with Crippen LogP contribution in [0.2, 0.25) is 0 Å². The van der Waals surface area contributed by atoms with Crippen LogP contribution in [0.3, 0.4) is 0 Å². The molecule has 0 aliphatic carbocycles. The van der Waals surface area contributed by atoms with Crippen molar-refractivity contribution in [1.29, 1.82) is 0 Å². The second kappa shape index (κ2) is 6.74. The number of hydrogen-bond acceptors (Lipinski definition) is 3. The molecule has 0 aromatic heterocycles. The van der Waals surface area contributed by atoms with Crippen molar-refractivity contribution in [2.75, 3.05) is 6.61 Å². The first-order chi connectivity index (χ1) is 10.1. The van der Waals surface area contributed by atoms with Crippen LogP contribution in [0.4, 0.5) is 8.78 Å². The largest absolute Gasteiger partial charge is 0.457 e. The van der Waals surface area contributed by atoms with Crippen molar-refractivity contribution in [3.05, 3.63) is 71.3 Å². The molecule has 0 fully saturated rings. The lowest BCUT2D eigenvalue weighted by atomic mass is 10.1. The smallest absolute Gasteiger partial charge is 0.310 e. The summed E-state index contributed by atoms with van der Waals surface area (Å²) in [6, 6.07) is 11.2. The minimum absolute atomic E-state index is 0.142. The third-order valence-electron chi connectivity index (χ3n) is 2.83. The van der Waals surface area contributed by atoms with Gasteiger partial charge >= 0.3 is 5.97 Å². The summed E-state index contributed by atoms with van der Waals surface area (Å²) in [4.78, 5) is 23.2. The van der Waals surface area contributed by atoms with Gasteiger partial charge in [0.15, 0.2) is 6.61 Å². The Bertz CT molecular complexity index is 668. The Balaban J connectivity index is 1.91. The van der Waals surface area contributed by atoms with Crippen LogP contribution in [0.1, 0.15) is 15.9 Å². The fraction of sp³-hybridized carbons (Fsp3) is 0.125. The van der Waals surface area contributed by atoms with Crippen LogP contribution in [-0.4, -0.2) is 18.4 Å². The number of benzene rings is 2. The number of esters is 1. The quantitative estimate of drug-likeness (QED) is 0.628. The molecule has 0 atom stereocenters. The van der Waals surface area contributed by atoms with Crippen LogP contribution in [0, 0.1) is 11.6 Å². The summed E-state index contributed by atoms with van der Waals surface area (Å²) in [7, 11) is 0. The zero-order valence-corrected chi connectivity index (χ0v) is 11.0. The van der Waals surface area contributed by atoms with Gasteiger partial charge in [0.2, 0.25) is 5.78 Å². The molecule has 0 saturated heterocycles. The maximum Gasteiger partial charge on any atom is 0.310 e. The molecule has 0 bridgehead atoms. The van der Waals surface area contributed by atoms with E-state index in [1.807, 2.05) is 0 Å². The van der Waals surface area contributed by atoms with E-state index in [-0.39, 0.29) is 17.5 Å². The van der Waals surface area contributed by atoms with Crippen molar-refractivity contribution in [3.63, 3.8) is 0 Å². The van der Waals surface area contributed by atoms with Crippen molar-refractivity contribution in [2.45, 2.75) is 6.42 Å². The van der Waals surface area contributed by atoms with Crippen LogP contribution >= 0.6 is 0 Å². The summed E-state index contributed by atoms with van der Waals surface area (Å²) in [6.07, 6.45) is -0.281. The van der Waals surface area contributed by atoms with Gasteiger partial charge in [0, 0.05) is 0 Å². The zero-order valence-electron chi connectivity index (χ0n) is 11.0. The number of rotatable bonds is 5. The topological polar surface area (TPSA) is 43.4 Å². The van der Waals surface area contributed by atoms with E-state index in [9.17, 15) is 18.4 Å². The van der Waals surface area contributed by atoms with Crippen molar-refractivity contribution in [1.82, 2.24) is 0 Å². The van der Waals surface area contributed by atoms with Crippen molar-refractivity contribution < 1.29 is 23.1 Å². The Morgan fingerprint density at radius 2 is 1.52 bits per heavy atom. The summed E-state index contributed by atoms with van der Waals surface area (Å²) in [6.45, 7) is -0.575. The number of carbonyl (C=O) groups excluding carboxylic acids is 2. The summed E-state index contributed by atoms with van der Waals surface area (Å²) in [5, 5.41) is 0. The molecular weight excluding hydrogens is 278 g/mol. The predicted molar refractivity (Wildman–Crippen MR) is 71.8 cm³/mol. The predicted octanol–water partition coefficient (Wildman–Crippen LogP) is 2.93. The molecule has 2 rings (SSSR count). The normalized spacial score (nSPS) is 10.2. The average molecular weight is 290 g/mol. The first kappa shape index (κ1) is 14.8. The van der Waals surface area contributed by atoms with Crippen LogP contribution in [0.15, 0.2) is 48.5 Å². The molecule has 0 spiro atoms. The Hall–Kier alpha value is -2.56. The van der Waals surface area contributed by atoms with Gasteiger partial charge in [-0.15, -0.1) is 0 Å². The van der Waals surface area contributed by atoms with Crippen LogP contribution in [0.5, 0.6) is 0 Å². The molecule has 0 aliphatic heterocycles. The molecule has 0 amide bonds. The minimum Gasteiger partial charge on any atom is -0.457 e. The summed E-state index contributed by atoms with van der Waals surface area (Å²) in [5.41, 5.74) is 0.0389. The fourth-order valence-corrected chi connectivity index (χ4v) is 1.76. The number of hydrogen-bond donors (Lipinski definition) is 0. The van der Waals surface area contributed by atoms with Gasteiger partial charge < -0.3 is 4.74 Å². The average Bonchev–Trinajstić information content (AvgIpc) is 2.48. The fourth-order valence-electron chi connectivity index (χ4n) is 1.76. The van der Waals surface area contributed by atoms with Crippen molar-refractivity contribution in [2.24, 2.45) is 0 Å². The Morgan fingerprint density at radius 1 is 0.905 bits per heavy atom. The molecule has 0 unspecified atom stereocenters. The van der Waals surface area contributed by atoms with E-state index < -0.39 is 30.0 Å². The molecular formula is C16H12F2O3. The maximum absolute atomic E-state index is 13.4. The molecule has 5 heteroatoms. The summed E-state index contributed by atoms with van der Waals surface area (Å²) in [5.74, 6) is -2.58. The van der Waals surface area contributed by atoms with Crippen molar-refractivity contribution >= 4 is 11.8 Å². The SMILES string of the molecule is O=C(Cc1ccccc1F)OCC(=O)c1ccccc1F. The highest BCUT2D eigenvalue weighted by molar-refractivity contribution is 5.98. The lowest BCUT2D eigenvalue weighted by molar-refractivity contribution is -0.141. The van der Waals surface area contributed by atoms with E-state index in [0.29, 0.717) is 0 Å². The molecule has 0 radical (unpaired) electrons. The first-order valence-corrected chi connectivity index (χ1v) is 6.24. The Kier molecular flexibility index (Phi) is 4.77. The van der Waals surface area contributed by atoms with E-state index in [1.54, 1.807) is 6.07 Å². The van der Waals surface area contributed by atoms with E-state index in [2.05, 4.69) is 0 Å². The maximum atomic E-state index is 13.4. The third kappa shape index (κ3) is 3.95. The molecule has 108 valence electrons. The van der Waals surface area contributed by atoms with Crippen molar-refractivity contribution in [3.8, 4) is 0 Å². The summed E-state index contributed by atoms with van der Waals surface area (Å²) < 4.78 is 31.4. The van der Waals surface area contributed by atoms with Crippen LogP contribution in [0.25, 0.3) is 0 Å². The van der Waals surface area contributed by atoms with Gasteiger partial charge in [-0.25, -0.2) is 8.78 Å². The molecule has 0 N–H and O–H groups in total. The monoisotopic (exact) mass is 290 g/mol. The van der Waals surface area contributed by atoms with E-state index in [0.717, 1.165) is 6.07 Å². The van der Waals surface area contributed by atoms with E-state index in [1.165, 1.54) is 36.4 Å². The first-order valence-electron chi connectivity index (χ1n) is 6.24. The van der Waals surface area contributed by atoms with E-state index >= 15 is 0 Å². The zero-order chi connectivity index (χ0) is 15.2. The molecule has 0 saturated carbocycles. The number of ketones is 1. The van der Waals surface area contributed by atoms with Gasteiger partial charge in [-0.2, -0.15) is 0 Å². The summed E-state index contributed by atoms with van der Waals surface area (Å²) >= 11 is 0. The minimum atomic E-state index is -0.746. The highest BCUT2D eigenvalue weighted by Gasteiger charge is 2.14. The number of carbonyl (C=O) groups is 2. The highest BCUT2D eigenvalue weighted by atomic mass is 19.1. The molecule has 2 aromatic carbocycles. The third-order valence-corrected chi connectivity index (χ3v) is 2.83. The molecule has 2 aromatic rings. The lowest BCUT2D eigenvalue weighted by Crippen LogP contribution is -2.17. The molecule has 0 heterocycles. The second-order valence-electron chi connectivity index (χ2n) is 4.33. The number of halogens is 2. The Labute approximate surface area is 120 Å². The highest BCUT2D eigenvalue weighted by Crippen LogP contribution is 2.09. The molecule has 3 nitrogen and oxygen atoms in total. The van der Waals surface area contributed by atoms with Gasteiger partial charge in [0.1, 0.15) is 11.6 Å². The van der Waals surface area contributed by atoms with Gasteiger partial charge in [0.05, 0.1) is 12.0 Å². The lowest BCUT2D eigenvalue weighted by Gasteiger charge is -2.06. The van der Waals surface area contributed by atoms with Crippen LogP contribution in [-0.2, 0) is 16.0 Å². The van der Waals surface area contributed by atoms with Gasteiger partial charge in [-0.1, -0.05) is 30.3 Å². The Morgan fingerprint density at radius 3 is 2.19 bits per heavy atom.